The topological polar surface area (TPSA) is 73.7 Å². The van der Waals surface area contributed by atoms with E-state index >= 15 is 0 Å². The van der Waals surface area contributed by atoms with Crippen molar-refractivity contribution in [2.24, 2.45) is 0 Å². The zero-order valence-corrected chi connectivity index (χ0v) is 12.7. The molecule has 1 saturated carbocycles. The molecule has 2 rings (SSSR count). The Morgan fingerprint density at radius 1 is 1.33 bits per heavy atom. The number of carboxylic acids is 1. The van der Waals surface area contributed by atoms with Gasteiger partial charge in [-0.2, -0.15) is 0 Å². The Balaban J connectivity index is 2.18. The lowest BCUT2D eigenvalue weighted by molar-refractivity contribution is 0.0248. The summed E-state index contributed by atoms with van der Waals surface area (Å²) in [7, 11) is 5.73. The maximum atomic E-state index is 12.5. The molecule has 1 heterocycles. The highest BCUT2D eigenvalue weighted by atomic mass is 16.4. The first-order valence-electron chi connectivity index (χ1n) is 6.98. The largest absolute Gasteiger partial charge is 0.478 e. The summed E-state index contributed by atoms with van der Waals surface area (Å²) in [5.41, 5.74) is -0.0506. The summed E-state index contributed by atoms with van der Waals surface area (Å²) in [6, 6.07) is 2.93. The van der Waals surface area contributed by atoms with Gasteiger partial charge in [-0.25, -0.2) is 4.79 Å². The van der Waals surface area contributed by atoms with E-state index in [1.54, 1.807) is 11.9 Å². The summed E-state index contributed by atoms with van der Waals surface area (Å²) < 4.78 is 0. The number of rotatable bonds is 5. The minimum atomic E-state index is -1.13. The predicted molar refractivity (Wildman–Crippen MR) is 78.4 cm³/mol. The van der Waals surface area contributed by atoms with E-state index in [1.165, 1.54) is 18.3 Å². The molecule has 114 valence electrons. The first kappa shape index (κ1) is 15.4. The van der Waals surface area contributed by atoms with Crippen molar-refractivity contribution < 1.29 is 14.7 Å². The summed E-state index contributed by atoms with van der Waals surface area (Å²) in [5.74, 6) is -1.48. The number of amides is 1. The third-order valence-electron chi connectivity index (χ3n) is 4.35. The van der Waals surface area contributed by atoms with Crippen molar-refractivity contribution in [1.82, 2.24) is 14.8 Å². The minimum Gasteiger partial charge on any atom is -0.478 e. The molecule has 0 aliphatic heterocycles. The van der Waals surface area contributed by atoms with Crippen molar-refractivity contribution in [2.45, 2.75) is 24.8 Å². The second-order valence-corrected chi connectivity index (χ2v) is 5.84. The fourth-order valence-corrected chi connectivity index (χ4v) is 2.77. The molecule has 1 aliphatic rings. The molecule has 6 nitrogen and oxygen atoms in total. The molecular formula is C15H21N3O3. The Kier molecular flexibility index (Phi) is 4.27. The molecule has 1 aromatic rings. The van der Waals surface area contributed by atoms with Crippen LogP contribution >= 0.6 is 0 Å². The van der Waals surface area contributed by atoms with Gasteiger partial charge in [0.25, 0.3) is 5.91 Å². The van der Waals surface area contributed by atoms with Crippen LogP contribution in [0.5, 0.6) is 0 Å². The highest BCUT2D eigenvalue weighted by Crippen LogP contribution is 2.36. The summed E-state index contributed by atoms with van der Waals surface area (Å²) >= 11 is 0. The van der Waals surface area contributed by atoms with Crippen molar-refractivity contribution >= 4 is 11.9 Å². The lowest BCUT2D eigenvalue weighted by Gasteiger charge is -2.49. The summed E-state index contributed by atoms with van der Waals surface area (Å²) in [6.07, 6.45) is 4.69. The number of aromatic carboxylic acids is 1. The third-order valence-corrected chi connectivity index (χ3v) is 4.35. The number of carbonyl (C=O) groups excluding carboxylic acids is 1. The molecule has 0 spiro atoms. The van der Waals surface area contributed by atoms with Crippen LogP contribution in [0.3, 0.4) is 0 Å². The molecule has 1 fully saturated rings. The lowest BCUT2D eigenvalue weighted by atomic mass is 9.75. The van der Waals surface area contributed by atoms with Gasteiger partial charge in [0.05, 0.1) is 5.56 Å². The lowest BCUT2D eigenvalue weighted by Crippen LogP contribution is -2.57. The number of likely N-dealkylation sites (N-methyl/N-ethyl adjacent to an activating group) is 2. The molecule has 21 heavy (non-hydrogen) atoms. The number of carboxylic acid groups (broad SMARTS) is 1. The first-order chi connectivity index (χ1) is 9.87. The molecule has 1 amide bonds. The Morgan fingerprint density at radius 3 is 2.48 bits per heavy atom. The Bertz CT molecular complexity index is 553. The second-order valence-electron chi connectivity index (χ2n) is 5.84. The van der Waals surface area contributed by atoms with E-state index in [1.807, 2.05) is 14.1 Å². The Morgan fingerprint density at radius 2 is 2.00 bits per heavy atom. The van der Waals surface area contributed by atoms with Crippen LogP contribution in [0.2, 0.25) is 0 Å². The zero-order valence-electron chi connectivity index (χ0n) is 12.7. The van der Waals surface area contributed by atoms with Gasteiger partial charge < -0.3 is 14.9 Å². The molecule has 0 atom stereocenters. The number of aromatic nitrogens is 1. The van der Waals surface area contributed by atoms with Gasteiger partial charge in [-0.05, 0) is 45.5 Å². The molecule has 1 aromatic heterocycles. The van der Waals surface area contributed by atoms with E-state index in [-0.39, 0.29) is 22.7 Å². The van der Waals surface area contributed by atoms with Crippen LogP contribution in [0.1, 0.15) is 40.1 Å². The van der Waals surface area contributed by atoms with Crippen molar-refractivity contribution in [3.63, 3.8) is 0 Å². The summed E-state index contributed by atoms with van der Waals surface area (Å²) in [4.78, 5) is 31.4. The van der Waals surface area contributed by atoms with Gasteiger partial charge in [-0.15, -0.1) is 0 Å². The number of hydrogen-bond donors (Lipinski definition) is 1. The van der Waals surface area contributed by atoms with Crippen LogP contribution in [0.15, 0.2) is 18.3 Å². The van der Waals surface area contributed by atoms with Crippen LogP contribution in [0.25, 0.3) is 0 Å². The Labute approximate surface area is 124 Å². The van der Waals surface area contributed by atoms with E-state index in [0.717, 1.165) is 19.3 Å². The molecular weight excluding hydrogens is 270 g/mol. The number of hydrogen-bond acceptors (Lipinski definition) is 4. The van der Waals surface area contributed by atoms with E-state index in [9.17, 15) is 9.59 Å². The van der Waals surface area contributed by atoms with Crippen LogP contribution in [0.4, 0.5) is 0 Å². The van der Waals surface area contributed by atoms with Gasteiger partial charge in [0.2, 0.25) is 0 Å². The number of nitrogens with zero attached hydrogens (tertiary/aromatic N) is 3. The van der Waals surface area contributed by atoms with E-state index in [4.69, 9.17) is 5.11 Å². The zero-order chi connectivity index (χ0) is 15.6. The van der Waals surface area contributed by atoms with Gasteiger partial charge in [-0.3, -0.25) is 9.78 Å². The first-order valence-corrected chi connectivity index (χ1v) is 6.98. The van der Waals surface area contributed by atoms with Crippen LogP contribution in [0, 0.1) is 0 Å². The van der Waals surface area contributed by atoms with Crippen LogP contribution in [-0.4, -0.2) is 65.0 Å². The highest BCUT2D eigenvalue weighted by molar-refractivity contribution is 6.03. The average Bonchev–Trinajstić information content (AvgIpc) is 2.41. The molecule has 0 aromatic carbocycles. The molecule has 1 N–H and O–H groups in total. The average molecular weight is 291 g/mol. The fraction of sp³-hybridized carbons (Fsp3) is 0.533. The smallest absolute Gasteiger partial charge is 0.338 e. The predicted octanol–water partition coefficient (Wildman–Crippen LogP) is 1.34. The van der Waals surface area contributed by atoms with Gasteiger partial charge in [0, 0.05) is 25.3 Å². The van der Waals surface area contributed by atoms with E-state index in [0.29, 0.717) is 6.54 Å². The SMILES string of the molecule is CN(CC1(N(C)C)CCC1)C(=O)c1ncccc1C(=O)O. The maximum Gasteiger partial charge on any atom is 0.338 e. The standard InChI is InChI=1S/C15H21N3O3/c1-17(2)15(7-5-8-15)10-18(3)13(19)12-11(14(20)21)6-4-9-16-12/h4,6,9H,5,7-8,10H2,1-3H3,(H,20,21). The monoisotopic (exact) mass is 291 g/mol. The van der Waals surface area contributed by atoms with Gasteiger partial charge in [0.15, 0.2) is 0 Å². The Hall–Kier alpha value is -1.95. The van der Waals surface area contributed by atoms with Gasteiger partial charge in [-0.1, -0.05) is 0 Å². The van der Waals surface area contributed by atoms with Crippen LogP contribution in [-0.2, 0) is 0 Å². The summed E-state index contributed by atoms with van der Waals surface area (Å²) in [6.45, 7) is 0.578. The normalized spacial score (nSPS) is 16.4. The quantitative estimate of drug-likeness (QED) is 0.886. The minimum absolute atomic E-state index is 0.000676. The fourth-order valence-electron chi connectivity index (χ4n) is 2.77. The molecule has 0 saturated heterocycles. The third kappa shape index (κ3) is 2.90. The molecule has 0 unspecified atom stereocenters. The van der Waals surface area contributed by atoms with Gasteiger partial charge in [0.1, 0.15) is 5.69 Å². The number of pyridine rings is 1. The van der Waals surface area contributed by atoms with Crippen molar-refractivity contribution in [2.75, 3.05) is 27.7 Å². The highest BCUT2D eigenvalue weighted by Gasteiger charge is 2.41. The van der Waals surface area contributed by atoms with Crippen LogP contribution < -0.4 is 0 Å². The van der Waals surface area contributed by atoms with Gasteiger partial charge >= 0.3 is 5.97 Å². The molecule has 6 heteroatoms. The van der Waals surface area contributed by atoms with Crippen molar-refractivity contribution in [3.8, 4) is 0 Å². The second kappa shape index (κ2) is 5.81. The van der Waals surface area contributed by atoms with E-state index in [2.05, 4.69) is 9.88 Å². The van der Waals surface area contributed by atoms with E-state index < -0.39 is 5.97 Å². The van der Waals surface area contributed by atoms with Crippen molar-refractivity contribution in [3.05, 3.63) is 29.6 Å². The maximum absolute atomic E-state index is 12.5. The van der Waals surface area contributed by atoms with Crippen molar-refractivity contribution in [1.29, 1.82) is 0 Å². The summed E-state index contributed by atoms with van der Waals surface area (Å²) in [5, 5.41) is 9.16. The molecule has 0 bridgehead atoms. The number of carbonyl (C=O) groups is 2. The molecule has 0 radical (unpaired) electrons. The molecule has 1 aliphatic carbocycles.